The van der Waals surface area contributed by atoms with Gasteiger partial charge in [-0.1, -0.05) is 26.0 Å². The number of para-hydroxylation sites is 1. The van der Waals surface area contributed by atoms with Gasteiger partial charge in [-0.25, -0.2) is 0 Å². The zero-order valence-corrected chi connectivity index (χ0v) is 8.35. The van der Waals surface area contributed by atoms with Crippen LogP contribution in [-0.4, -0.2) is 13.7 Å². The van der Waals surface area contributed by atoms with Crippen molar-refractivity contribution in [3.8, 4) is 5.75 Å². The average Bonchev–Trinajstić information content (AvgIpc) is 2.43. The van der Waals surface area contributed by atoms with Crippen molar-refractivity contribution in [2.45, 2.75) is 19.3 Å². The Morgan fingerprint density at radius 2 is 2.15 bits per heavy atom. The fourth-order valence-corrected chi connectivity index (χ4v) is 1.85. The first-order valence-corrected chi connectivity index (χ1v) is 4.56. The molecule has 0 bridgehead atoms. The second-order valence-electron chi connectivity index (χ2n) is 4.12. The zero-order chi connectivity index (χ0) is 9.47. The van der Waals surface area contributed by atoms with E-state index in [1.807, 2.05) is 12.1 Å². The van der Waals surface area contributed by atoms with E-state index in [0.29, 0.717) is 0 Å². The molecule has 1 N–H and O–H groups in total. The Labute approximate surface area is 78.9 Å². The van der Waals surface area contributed by atoms with Crippen LogP contribution in [0.25, 0.3) is 0 Å². The molecule has 0 radical (unpaired) electrons. The quantitative estimate of drug-likeness (QED) is 0.711. The molecule has 1 aromatic rings. The summed E-state index contributed by atoms with van der Waals surface area (Å²) in [6, 6.07) is 6.21. The van der Waals surface area contributed by atoms with Gasteiger partial charge in [-0.15, -0.1) is 0 Å². The molecule has 0 atom stereocenters. The number of fused-ring (bicyclic) bond motifs is 1. The van der Waals surface area contributed by atoms with Gasteiger partial charge in [-0.05, 0) is 11.6 Å². The lowest BCUT2D eigenvalue weighted by Crippen LogP contribution is -2.18. The number of ether oxygens (including phenoxy) is 1. The molecule has 2 heteroatoms. The van der Waals surface area contributed by atoms with Crippen molar-refractivity contribution in [2.24, 2.45) is 0 Å². The standard InChI is InChI=1S/C11H15NO/c1-11(2)7-12-10-8(11)5-4-6-9(10)13-3/h4-6,12H,7H2,1-3H3. The summed E-state index contributed by atoms with van der Waals surface area (Å²) in [7, 11) is 1.71. The third-order valence-corrected chi connectivity index (χ3v) is 2.68. The largest absolute Gasteiger partial charge is 0.495 e. The molecule has 1 aliphatic heterocycles. The van der Waals surface area contributed by atoms with Gasteiger partial charge in [-0.2, -0.15) is 0 Å². The lowest BCUT2D eigenvalue weighted by molar-refractivity contribution is 0.416. The van der Waals surface area contributed by atoms with Crippen LogP contribution in [0.5, 0.6) is 5.75 Å². The first-order chi connectivity index (χ1) is 6.15. The highest BCUT2D eigenvalue weighted by molar-refractivity contribution is 5.68. The van der Waals surface area contributed by atoms with Crippen molar-refractivity contribution in [3.05, 3.63) is 23.8 Å². The van der Waals surface area contributed by atoms with Crippen molar-refractivity contribution < 1.29 is 4.74 Å². The Balaban J connectivity index is 2.56. The number of methoxy groups -OCH3 is 1. The highest BCUT2D eigenvalue weighted by atomic mass is 16.5. The van der Waals surface area contributed by atoms with Gasteiger partial charge in [0.25, 0.3) is 0 Å². The second-order valence-corrected chi connectivity index (χ2v) is 4.12. The van der Waals surface area contributed by atoms with Crippen LogP contribution in [0.3, 0.4) is 0 Å². The highest BCUT2D eigenvalue weighted by Gasteiger charge is 2.31. The molecule has 13 heavy (non-hydrogen) atoms. The number of rotatable bonds is 1. The second kappa shape index (κ2) is 2.66. The van der Waals surface area contributed by atoms with Crippen LogP contribution in [0.2, 0.25) is 0 Å². The Hall–Kier alpha value is -1.18. The summed E-state index contributed by atoms with van der Waals surface area (Å²) in [6.07, 6.45) is 0. The molecular formula is C11H15NO. The Bertz CT molecular complexity index is 331. The summed E-state index contributed by atoms with van der Waals surface area (Å²) in [4.78, 5) is 0. The van der Waals surface area contributed by atoms with E-state index in [1.165, 1.54) is 5.56 Å². The normalized spacial score (nSPS) is 17.8. The molecular weight excluding hydrogens is 162 g/mol. The Kier molecular flexibility index (Phi) is 1.72. The topological polar surface area (TPSA) is 21.3 Å². The highest BCUT2D eigenvalue weighted by Crippen LogP contribution is 2.41. The van der Waals surface area contributed by atoms with Crippen LogP contribution in [0.4, 0.5) is 5.69 Å². The molecule has 1 heterocycles. The van der Waals surface area contributed by atoms with Crippen molar-refractivity contribution in [2.75, 3.05) is 19.0 Å². The Morgan fingerprint density at radius 3 is 2.85 bits per heavy atom. The number of hydrogen-bond donors (Lipinski definition) is 1. The summed E-state index contributed by atoms with van der Waals surface area (Å²) in [5, 5.41) is 3.38. The maximum Gasteiger partial charge on any atom is 0.142 e. The summed E-state index contributed by atoms with van der Waals surface area (Å²) in [6.45, 7) is 5.47. The van der Waals surface area contributed by atoms with E-state index in [9.17, 15) is 0 Å². The minimum atomic E-state index is 0.226. The fourth-order valence-electron chi connectivity index (χ4n) is 1.85. The predicted octanol–water partition coefficient (Wildman–Crippen LogP) is 2.40. The molecule has 0 saturated heterocycles. The van der Waals surface area contributed by atoms with Gasteiger partial charge >= 0.3 is 0 Å². The maximum atomic E-state index is 5.29. The van der Waals surface area contributed by atoms with E-state index in [-0.39, 0.29) is 5.41 Å². The molecule has 1 aliphatic rings. The summed E-state index contributed by atoms with van der Waals surface area (Å²) in [5.41, 5.74) is 2.74. The summed E-state index contributed by atoms with van der Waals surface area (Å²) in [5.74, 6) is 0.947. The molecule has 70 valence electrons. The van der Waals surface area contributed by atoms with E-state index < -0.39 is 0 Å². The third-order valence-electron chi connectivity index (χ3n) is 2.68. The van der Waals surface area contributed by atoms with E-state index in [0.717, 1.165) is 18.0 Å². The van der Waals surface area contributed by atoms with Crippen LogP contribution >= 0.6 is 0 Å². The van der Waals surface area contributed by atoms with Crippen LogP contribution in [0.15, 0.2) is 18.2 Å². The molecule has 0 fully saturated rings. The summed E-state index contributed by atoms with van der Waals surface area (Å²) >= 11 is 0. The number of benzene rings is 1. The van der Waals surface area contributed by atoms with Crippen LogP contribution in [0.1, 0.15) is 19.4 Å². The smallest absolute Gasteiger partial charge is 0.142 e. The molecule has 2 rings (SSSR count). The van der Waals surface area contributed by atoms with E-state index in [4.69, 9.17) is 4.74 Å². The minimum absolute atomic E-state index is 0.226. The van der Waals surface area contributed by atoms with E-state index in [1.54, 1.807) is 7.11 Å². The number of nitrogens with one attached hydrogen (secondary N) is 1. The lowest BCUT2D eigenvalue weighted by atomic mass is 9.87. The molecule has 0 unspecified atom stereocenters. The minimum Gasteiger partial charge on any atom is -0.495 e. The van der Waals surface area contributed by atoms with Crippen LogP contribution < -0.4 is 10.1 Å². The van der Waals surface area contributed by atoms with Crippen molar-refractivity contribution in [1.29, 1.82) is 0 Å². The average molecular weight is 177 g/mol. The van der Waals surface area contributed by atoms with Gasteiger partial charge in [0, 0.05) is 12.0 Å². The first kappa shape index (κ1) is 8.42. The van der Waals surface area contributed by atoms with Crippen molar-refractivity contribution in [1.82, 2.24) is 0 Å². The number of anilines is 1. The van der Waals surface area contributed by atoms with E-state index >= 15 is 0 Å². The van der Waals surface area contributed by atoms with Gasteiger partial charge in [0.15, 0.2) is 0 Å². The molecule has 2 nitrogen and oxygen atoms in total. The van der Waals surface area contributed by atoms with Gasteiger partial charge in [-0.3, -0.25) is 0 Å². The zero-order valence-electron chi connectivity index (χ0n) is 8.35. The monoisotopic (exact) mass is 177 g/mol. The number of hydrogen-bond acceptors (Lipinski definition) is 2. The summed E-state index contributed by atoms with van der Waals surface area (Å²) < 4.78 is 5.29. The molecule has 1 aromatic carbocycles. The van der Waals surface area contributed by atoms with Gasteiger partial charge in [0.2, 0.25) is 0 Å². The third kappa shape index (κ3) is 1.17. The predicted molar refractivity (Wildman–Crippen MR) is 54.5 cm³/mol. The van der Waals surface area contributed by atoms with Gasteiger partial charge in [0.05, 0.1) is 12.8 Å². The van der Waals surface area contributed by atoms with E-state index in [2.05, 4.69) is 25.2 Å². The molecule has 0 aromatic heterocycles. The molecule has 0 amide bonds. The lowest BCUT2D eigenvalue weighted by Gasteiger charge is -2.16. The van der Waals surface area contributed by atoms with Crippen molar-refractivity contribution >= 4 is 5.69 Å². The Morgan fingerprint density at radius 1 is 1.38 bits per heavy atom. The SMILES string of the molecule is COc1cccc2c1NCC2(C)C. The molecule has 0 spiro atoms. The van der Waals surface area contributed by atoms with Gasteiger partial charge < -0.3 is 10.1 Å². The first-order valence-electron chi connectivity index (χ1n) is 4.56. The van der Waals surface area contributed by atoms with Gasteiger partial charge in [0.1, 0.15) is 5.75 Å². The fraction of sp³-hybridized carbons (Fsp3) is 0.455. The van der Waals surface area contributed by atoms with Crippen LogP contribution in [0, 0.1) is 0 Å². The van der Waals surface area contributed by atoms with Crippen LogP contribution in [-0.2, 0) is 5.41 Å². The van der Waals surface area contributed by atoms with Crippen molar-refractivity contribution in [3.63, 3.8) is 0 Å². The molecule has 0 saturated carbocycles. The molecule has 0 aliphatic carbocycles. The maximum absolute atomic E-state index is 5.29.